The summed E-state index contributed by atoms with van der Waals surface area (Å²) in [6.07, 6.45) is 5.06. The summed E-state index contributed by atoms with van der Waals surface area (Å²) in [5, 5.41) is 3.56. The summed E-state index contributed by atoms with van der Waals surface area (Å²) >= 11 is 0. The molecule has 0 saturated heterocycles. The van der Waals surface area contributed by atoms with Gasteiger partial charge in [-0.1, -0.05) is 36.8 Å². The van der Waals surface area contributed by atoms with Crippen molar-refractivity contribution in [2.75, 3.05) is 34.4 Å². The molecule has 1 N–H and O–H groups in total. The van der Waals surface area contributed by atoms with E-state index < -0.39 is 0 Å². The fourth-order valence-corrected chi connectivity index (χ4v) is 2.88. The Morgan fingerprint density at radius 1 is 1.26 bits per heavy atom. The standard InChI is InChI=1S/C18H29N3O.HI/c1-21(2)17(19-14-16-8-5-4-6-9-16)20-15-18(10-7-11-18)12-13-22-3;/h4-6,8-9H,7,10-15H2,1-3H3,(H,19,20);1H. The Balaban J connectivity index is 0.00000264. The van der Waals surface area contributed by atoms with Crippen molar-refractivity contribution in [1.29, 1.82) is 0 Å². The molecule has 1 aliphatic rings. The van der Waals surface area contributed by atoms with Gasteiger partial charge in [0.15, 0.2) is 5.96 Å². The van der Waals surface area contributed by atoms with E-state index >= 15 is 0 Å². The summed E-state index contributed by atoms with van der Waals surface area (Å²) in [7, 11) is 5.87. The van der Waals surface area contributed by atoms with E-state index in [-0.39, 0.29) is 24.0 Å². The molecule has 0 atom stereocenters. The molecule has 23 heavy (non-hydrogen) atoms. The van der Waals surface area contributed by atoms with Crippen LogP contribution in [0.15, 0.2) is 35.3 Å². The number of ether oxygens (including phenoxy) is 1. The minimum absolute atomic E-state index is 0. The third-order valence-electron chi connectivity index (χ3n) is 4.55. The van der Waals surface area contributed by atoms with Crippen molar-refractivity contribution in [3.05, 3.63) is 35.9 Å². The van der Waals surface area contributed by atoms with Gasteiger partial charge in [-0.3, -0.25) is 0 Å². The minimum atomic E-state index is 0. The lowest BCUT2D eigenvalue weighted by Gasteiger charge is -2.42. The zero-order valence-corrected chi connectivity index (χ0v) is 16.9. The summed E-state index contributed by atoms with van der Waals surface area (Å²) in [6, 6.07) is 10.4. The van der Waals surface area contributed by atoms with Gasteiger partial charge in [0.25, 0.3) is 0 Å². The lowest BCUT2D eigenvalue weighted by Crippen LogP contribution is -2.46. The van der Waals surface area contributed by atoms with Gasteiger partial charge >= 0.3 is 0 Å². The molecule has 1 aromatic rings. The van der Waals surface area contributed by atoms with Crippen LogP contribution in [0.25, 0.3) is 0 Å². The average Bonchev–Trinajstić information content (AvgIpc) is 2.49. The van der Waals surface area contributed by atoms with Crippen LogP contribution < -0.4 is 5.32 Å². The molecule has 0 spiro atoms. The van der Waals surface area contributed by atoms with E-state index in [0.717, 1.165) is 25.5 Å². The number of hydrogen-bond acceptors (Lipinski definition) is 2. The average molecular weight is 431 g/mol. The summed E-state index contributed by atoms with van der Waals surface area (Å²) in [4.78, 5) is 6.80. The second-order valence-electron chi connectivity index (χ2n) is 6.47. The minimum Gasteiger partial charge on any atom is -0.385 e. The van der Waals surface area contributed by atoms with E-state index in [1.54, 1.807) is 7.11 Å². The number of halogens is 1. The van der Waals surface area contributed by atoms with Crippen LogP contribution in [0.1, 0.15) is 31.2 Å². The second kappa shape index (κ2) is 10.1. The van der Waals surface area contributed by atoms with Crippen LogP contribution in [0, 0.1) is 5.41 Å². The number of hydrogen-bond donors (Lipinski definition) is 1. The van der Waals surface area contributed by atoms with E-state index in [1.807, 2.05) is 20.2 Å². The van der Waals surface area contributed by atoms with Gasteiger partial charge in [-0.05, 0) is 30.2 Å². The smallest absolute Gasteiger partial charge is 0.193 e. The molecule has 0 bridgehead atoms. The Kier molecular flexibility index (Phi) is 8.91. The molecule has 0 unspecified atom stereocenters. The second-order valence-corrected chi connectivity index (χ2v) is 6.47. The van der Waals surface area contributed by atoms with Crippen LogP contribution in [-0.4, -0.2) is 45.2 Å². The fraction of sp³-hybridized carbons (Fsp3) is 0.611. The van der Waals surface area contributed by atoms with E-state index in [1.165, 1.54) is 24.8 Å². The zero-order valence-electron chi connectivity index (χ0n) is 14.5. The van der Waals surface area contributed by atoms with Gasteiger partial charge in [0.1, 0.15) is 0 Å². The van der Waals surface area contributed by atoms with Crippen LogP contribution in [0.2, 0.25) is 0 Å². The molecule has 1 fully saturated rings. The van der Waals surface area contributed by atoms with Crippen molar-refractivity contribution in [1.82, 2.24) is 10.2 Å². The molecule has 4 nitrogen and oxygen atoms in total. The lowest BCUT2D eigenvalue weighted by atomic mass is 9.67. The number of methoxy groups -OCH3 is 1. The van der Waals surface area contributed by atoms with Crippen LogP contribution in [0.4, 0.5) is 0 Å². The van der Waals surface area contributed by atoms with Gasteiger partial charge in [-0.25, -0.2) is 4.99 Å². The Morgan fingerprint density at radius 2 is 1.96 bits per heavy atom. The van der Waals surface area contributed by atoms with Gasteiger partial charge in [0.2, 0.25) is 0 Å². The van der Waals surface area contributed by atoms with E-state index in [9.17, 15) is 0 Å². The topological polar surface area (TPSA) is 36.9 Å². The molecule has 0 aromatic heterocycles. The molecule has 130 valence electrons. The maximum Gasteiger partial charge on any atom is 0.193 e. The Bertz CT molecular complexity index is 472. The van der Waals surface area contributed by atoms with Gasteiger partial charge in [0, 0.05) is 34.4 Å². The molecular weight excluding hydrogens is 401 g/mol. The molecule has 2 rings (SSSR count). The van der Waals surface area contributed by atoms with Gasteiger partial charge < -0.3 is 15.0 Å². The number of aliphatic imine (C=N–C) groups is 1. The Labute approximate surface area is 157 Å². The summed E-state index contributed by atoms with van der Waals surface area (Å²) in [5.74, 6) is 0.965. The third kappa shape index (κ3) is 6.30. The van der Waals surface area contributed by atoms with E-state index in [0.29, 0.717) is 12.0 Å². The number of rotatable bonds is 7. The Morgan fingerprint density at radius 3 is 2.48 bits per heavy atom. The first-order valence-corrected chi connectivity index (χ1v) is 8.14. The van der Waals surface area contributed by atoms with Crippen molar-refractivity contribution < 1.29 is 4.74 Å². The molecule has 1 aliphatic carbocycles. The van der Waals surface area contributed by atoms with Crippen LogP contribution in [0.5, 0.6) is 0 Å². The normalized spacial score (nSPS) is 16.2. The summed E-state index contributed by atoms with van der Waals surface area (Å²) < 4.78 is 5.26. The maximum absolute atomic E-state index is 5.26. The monoisotopic (exact) mass is 431 g/mol. The van der Waals surface area contributed by atoms with Crippen molar-refractivity contribution in [3.63, 3.8) is 0 Å². The molecule has 0 radical (unpaired) electrons. The molecular formula is C18H30IN3O. The van der Waals surface area contributed by atoms with E-state index in [2.05, 4.69) is 34.5 Å². The fourth-order valence-electron chi connectivity index (χ4n) is 2.88. The van der Waals surface area contributed by atoms with E-state index in [4.69, 9.17) is 9.73 Å². The first kappa shape index (κ1) is 20.2. The van der Waals surface area contributed by atoms with Crippen LogP contribution >= 0.6 is 24.0 Å². The SMILES string of the molecule is COCCC1(CNC(=NCc2ccccc2)N(C)C)CCC1.I. The van der Waals surface area contributed by atoms with Crippen molar-refractivity contribution in [3.8, 4) is 0 Å². The summed E-state index contributed by atoms with van der Waals surface area (Å²) in [6.45, 7) is 2.55. The first-order chi connectivity index (χ1) is 10.7. The number of nitrogens with one attached hydrogen (secondary N) is 1. The van der Waals surface area contributed by atoms with Crippen LogP contribution in [0.3, 0.4) is 0 Å². The van der Waals surface area contributed by atoms with Crippen molar-refractivity contribution in [2.45, 2.75) is 32.2 Å². The maximum atomic E-state index is 5.26. The molecule has 1 saturated carbocycles. The van der Waals surface area contributed by atoms with Gasteiger partial charge in [-0.2, -0.15) is 0 Å². The molecule has 5 heteroatoms. The highest BCUT2D eigenvalue weighted by Gasteiger charge is 2.36. The highest BCUT2D eigenvalue weighted by atomic mass is 127. The van der Waals surface area contributed by atoms with Gasteiger partial charge in [0.05, 0.1) is 6.54 Å². The number of benzene rings is 1. The van der Waals surface area contributed by atoms with Gasteiger partial charge in [-0.15, -0.1) is 24.0 Å². The molecule has 1 aromatic carbocycles. The van der Waals surface area contributed by atoms with Crippen molar-refractivity contribution >= 4 is 29.9 Å². The largest absolute Gasteiger partial charge is 0.385 e. The first-order valence-electron chi connectivity index (χ1n) is 8.14. The predicted octanol–water partition coefficient (Wildman–Crippen LogP) is 3.52. The number of guanidine groups is 1. The molecule has 0 aliphatic heterocycles. The highest BCUT2D eigenvalue weighted by molar-refractivity contribution is 14.0. The Hall–Kier alpha value is -0.820. The van der Waals surface area contributed by atoms with Crippen molar-refractivity contribution in [2.24, 2.45) is 10.4 Å². The quantitative estimate of drug-likeness (QED) is 0.408. The zero-order chi connectivity index (χ0) is 15.8. The highest BCUT2D eigenvalue weighted by Crippen LogP contribution is 2.43. The third-order valence-corrected chi connectivity index (χ3v) is 4.55. The lowest BCUT2D eigenvalue weighted by molar-refractivity contribution is 0.0728. The molecule has 0 amide bonds. The summed E-state index contributed by atoms with van der Waals surface area (Å²) in [5.41, 5.74) is 1.64. The number of nitrogens with zero attached hydrogens (tertiary/aromatic N) is 2. The predicted molar refractivity (Wildman–Crippen MR) is 107 cm³/mol. The van der Waals surface area contributed by atoms with Crippen LogP contribution in [-0.2, 0) is 11.3 Å². The molecule has 0 heterocycles.